The molecule has 5 nitrogen and oxygen atoms in total. The number of hydrogen-bond donors (Lipinski definition) is 0. The number of hydrogen-bond acceptors (Lipinski definition) is 4. The second-order valence-corrected chi connectivity index (χ2v) is 3.90. The highest BCUT2D eigenvalue weighted by Crippen LogP contribution is 2.16. The molecule has 98 valence electrons. The van der Waals surface area contributed by atoms with Gasteiger partial charge in [0.15, 0.2) is 0 Å². The standard InChI is InChI=1S/C14H15N3O2/c1-3-19-14(18)11(2)16-12-4-6-13(7-5-12)17-9-8-15-10-17/h4-10H,3H2,1-2H3. The van der Waals surface area contributed by atoms with E-state index in [-0.39, 0.29) is 5.97 Å². The number of carbonyl (C=O) groups excluding carboxylic acids is 1. The minimum atomic E-state index is -0.388. The highest BCUT2D eigenvalue weighted by atomic mass is 16.5. The van der Waals surface area contributed by atoms with Gasteiger partial charge < -0.3 is 9.30 Å². The van der Waals surface area contributed by atoms with Crippen molar-refractivity contribution in [3.63, 3.8) is 0 Å². The number of esters is 1. The van der Waals surface area contributed by atoms with E-state index in [1.165, 1.54) is 0 Å². The minimum Gasteiger partial charge on any atom is -0.462 e. The Morgan fingerprint density at radius 3 is 2.68 bits per heavy atom. The second kappa shape index (κ2) is 5.95. The normalized spacial score (nSPS) is 11.4. The van der Waals surface area contributed by atoms with E-state index >= 15 is 0 Å². The summed E-state index contributed by atoms with van der Waals surface area (Å²) >= 11 is 0. The monoisotopic (exact) mass is 257 g/mol. The first kappa shape index (κ1) is 13.0. The summed E-state index contributed by atoms with van der Waals surface area (Å²) in [7, 11) is 0. The average molecular weight is 257 g/mol. The van der Waals surface area contributed by atoms with Crippen LogP contribution >= 0.6 is 0 Å². The zero-order chi connectivity index (χ0) is 13.7. The van der Waals surface area contributed by atoms with Gasteiger partial charge in [0.05, 0.1) is 18.6 Å². The van der Waals surface area contributed by atoms with Crippen LogP contribution in [0.4, 0.5) is 5.69 Å². The van der Waals surface area contributed by atoms with E-state index in [1.807, 2.05) is 35.0 Å². The van der Waals surface area contributed by atoms with Gasteiger partial charge in [-0.25, -0.2) is 14.8 Å². The number of aliphatic imine (C=N–C) groups is 1. The van der Waals surface area contributed by atoms with Gasteiger partial charge in [0.25, 0.3) is 0 Å². The van der Waals surface area contributed by atoms with Crippen LogP contribution in [0.2, 0.25) is 0 Å². The number of ether oxygens (including phenoxy) is 1. The smallest absolute Gasteiger partial charge is 0.352 e. The number of imidazole rings is 1. The second-order valence-electron chi connectivity index (χ2n) is 3.90. The van der Waals surface area contributed by atoms with Crippen LogP contribution in [-0.4, -0.2) is 27.8 Å². The molecule has 0 spiro atoms. The summed E-state index contributed by atoms with van der Waals surface area (Å²) in [6, 6.07) is 7.52. The molecule has 0 fully saturated rings. The Hall–Kier alpha value is -2.43. The molecule has 0 saturated carbocycles. The number of rotatable bonds is 4. The first-order valence-corrected chi connectivity index (χ1v) is 6.01. The predicted molar refractivity (Wildman–Crippen MR) is 73.0 cm³/mol. The quantitative estimate of drug-likeness (QED) is 0.624. The fourth-order valence-electron chi connectivity index (χ4n) is 1.59. The van der Waals surface area contributed by atoms with Gasteiger partial charge in [0.2, 0.25) is 0 Å². The Kier molecular flexibility index (Phi) is 4.07. The Morgan fingerprint density at radius 2 is 2.11 bits per heavy atom. The molecule has 0 radical (unpaired) electrons. The van der Waals surface area contributed by atoms with E-state index < -0.39 is 0 Å². The van der Waals surface area contributed by atoms with Gasteiger partial charge in [-0.2, -0.15) is 0 Å². The molecule has 0 N–H and O–H groups in total. The minimum absolute atomic E-state index is 0.345. The van der Waals surface area contributed by atoms with Crippen molar-refractivity contribution in [3.05, 3.63) is 43.0 Å². The topological polar surface area (TPSA) is 56.5 Å². The third kappa shape index (κ3) is 3.28. The van der Waals surface area contributed by atoms with Gasteiger partial charge in [-0.1, -0.05) is 0 Å². The van der Waals surface area contributed by atoms with E-state index in [4.69, 9.17) is 4.74 Å². The molecule has 2 rings (SSSR count). The number of aromatic nitrogens is 2. The van der Waals surface area contributed by atoms with Gasteiger partial charge in [0, 0.05) is 18.1 Å². The van der Waals surface area contributed by atoms with E-state index in [2.05, 4.69) is 9.98 Å². The summed E-state index contributed by atoms with van der Waals surface area (Å²) in [6.45, 7) is 3.76. The molecule has 1 heterocycles. The Balaban J connectivity index is 2.15. The van der Waals surface area contributed by atoms with Crippen LogP contribution in [-0.2, 0) is 9.53 Å². The maximum Gasteiger partial charge on any atom is 0.352 e. The van der Waals surface area contributed by atoms with Crippen LogP contribution in [0.5, 0.6) is 0 Å². The zero-order valence-corrected chi connectivity index (χ0v) is 10.9. The van der Waals surface area contributed by atoms with Crippen molar-refractivity contribution in [1.82, 2.24) is 9.55 Å². The van der Waals surface area contributed by atoms with Crippen LogP contribution in [0, 0.1) is 0 Å². The molecule has 0 aliphatic rings. The lowest BCUT2D eigenvalue weighted by Gasteiger charge is -2.03. The molecule has 0 aliphatic heterocycles. The molecule has 2 aromatic rings. The molecule has 0 amide bonds. The molecule has 0 atom stereocenters. The molecule has 19 heavy (non-hydrogen) atoms. The number of benzene rings is 1. The maximum absolute atomic E-state index is 11.4. The van der Waals surface area contributed by atoms with Crippen molar-refractivity contribution in [2.24, 2.45) is 4.99 Å². The van der Waals surface area contributed by atoms with Crippen LogP contribution < -0.4 is 0 Å². The van der Waals surface area contributed by atoms with Crippen LogP contribution in [0.1, 0.15) is 13.8 Å². The molecule has 0 unspecified atom stereocenters. The van der Waals surface area contributed by atoms with Crippen LogP contribution in [0.3, 0.4) is 0 Å². The fraction of sp³-hybridized carbons (Fsp3) is 0.214. The van der Waals surface area contributed by atoms with Crippen LogP contribution in [0.15, 0.2) is 48.0 Å². The summed E-state index contributed by atoms with van der Waals surface area (Å²) in [5, 5.41) is 0. The van der Waals surface area contributed by atoms with E-state index in [0.717, 1.165) is 11.4 Å². The van der Waals surface area contributed by atoms with Crippen LogP contribution in [0.25, 0.3) is 5.69 Å². The summed E-state index contributed by atoms with van der Waals surface area (Å²) in [4.78, 5) is 19.6. The molecule has 1 aromatic heterocycles. The largest absolute Gasteiger partial charge is 0.462 e. The molecular formula is C14H15N3O2. The molecule has 0 aliphatic carbocycles. The summed E-state index contributed by atoms with van der Waals surface area (Å²) in [5.41, 5.74) is 2.05. The molecule has 0 saturated heterocycles. The fourth-order valence-corrected chi connectivity index (χ4v) is 1.59. The third-order valence-corrected chi connectivity index (χ3v) is 2.52. The van der Waals surface area contributed by atoms with Crippen molar-refractivity contribution < 1.29 is 9.53 Å². The molecule has 1 aromatic carbocycles. The van der Waals surface area contributed by atoms with E-state index in [1.54, 1.807) is 26.4 Å². The highest BCUT2D eigenvalue weighted by Gasteiger charge is 2.06. The summed E-state index contributed by atoms with van der Waals surface area (Å²) < 4.78 is 6.77. The summed E-state index contributed by atoms with van der Waals surface area (Å²) in [6.07, 6.45) is 5.31. The Morgan fingerprint density at radius 1 is 1.37 bits per heavy atom. The summed E-state index contributed by atoms with van der Waals surface area (Å²) in [5.74, 6) is -0.388. The predicted octanol–water partition coefficient (Wildman–Crippen LogP) is 2.53. The van der Waals surface area contributed by atoms with Crippen molar-refractivity contribution in [1.29, 1.82) is 0 Å². The Labute approximate surface area is 111 Å². The van der Waals surface area contributed by atoms with Gasteiger partial charge in [0.1, 0.15) is 5.71 Å². The lowest BCUT2D eigenvalue weighted by molar-refractivity contribution is -0.135. The van der Waals surface area contributed by atoms with Gasteiger partial charge in [-0.3, -0.25) is 0 Å². The maximum atomic E-state index is 11.4. The van der Waals surface area contributed by atoms with Crippen molar-refractivity contribution in [2.45, 2.75) is 13.8 Å². The molecule has 5 heteroatoms. The Bertz CT molecular complexity index is 571. The van der Waals surface area contributed by atoms with Crippen molar-refractivity contribution in [3.8, 4) is 5.69 Å². The van der Waals surface area contributed by atoms with Crippen molar-refractivity contribution >= 4 is 17.4 Å². The number of nitrogens with zero attached hydrogens (tertiary/aromatic N) is 3. The third-order valence-electron chi connectivity index (χ3n) is 2.52. The van der Waals surface area contributed by atoms with Gasteiger partial charge in [-0.05, 0) is 38.1 Å². The van der Waals surface area contributed by atoms with E-state index in [9.17, 15) is 4.79 Å². The first-order valence-electron chi connectivity index (χ1n) is 6.01. The zero-order valence-electron chi connectivity index (χ0n) is 10.9. The highest BCUT2D eigenvalue weighted by molar-refractivity contribution is 6.35. The lowest BCUT2D eigenvalue weighted by atomic mass is 10.2. The first-order chi connectivity index (χ1) is 9.20. The average Bonchev–Trinajstić information content (AvgIpc) is 2.94. The molecule has 0 bridgehead atoms. The number of carbonyl (C=O) groups is 1. The lowest BCUT2D eigenvalue weighted by Crippen LogP contribution is -2.13. The van der Waals surface area contributed by atoms with E-state index in [0.29, 0.717) is 12.3 Å². The van der Waals surface area contributed by atoms with Gasteiger partial charge in [-0.15, -0.1) is 0 Å². The van der Waals surface area contributed by atoms with Gasteiger partial charge >= 0.3 is 5.97 Å². The molecular weight excluding hydrogens is 242 g/mol. The van der Waals surface area contributed by atoms with Crippen molar-refractivity contribution in [2.75, 3.05) is 6.61 Å². The SMILES string of the molecule is CCOC(=O)C(C)=Nc1ccc(-n2ccnc2)cc1.